The van der Waals surface area contributed by atoms with E-state index in [0.29, 0.717) is 36.0 Å². The molecule has 6 nitrogen and oxygen atoms in total. The first-order valence-corrected chi connectivity index (χ1v) is 11.7. The second-order valence-corrected chi connectivity index (χ2v) is 11.7. The molecule has 2 unspecified atom stereocenters. The number of primary sulfonamides is 1. The van der Waals surface area contributed by atoms with Crippen molar-refractivity contribution in [2.45, 2.75) is 62.3 Å². The van der Waals surface area contributed by atoms with E-state index in [1.165, 1.54) is 0 Å². The van der Waals surface area contributed by atoms with Gasteiger partial charge in [-0.1, -0.05) is 17.7 Å². The van der Waals surface area contributed by atoms with Gasteiger partial charge in [0.25, 0.3) is 5.91 Å². The van der Waals surface area contributed by atoms with Crippen LogP contribution in [0.3, 0.4) is 0 Å². The summed E-state index contributed by atoms with van der Waals surface area (Å²) >= 11 is 6.00. The van der Waals surface area contributed by atoms with Crippen molar-refractivity contribution in [2.75, 3.05) is 0 Å². The molecule has 4 fully saturated rings. The summed E-state index contributed by atoms with van der Waals surface area (Å²) in [5.41, 5.74) is -1.07. The van der Waals surface area contributed by atoms with Crippen LogP contribution >= 0.6 is 11.6 Å². The number of ether oxygens (including phenoxy) is 1. The zero-order valence-corrected chi connectivity index (χ0v) is 17.7. The summed E-state index contributed by atoms with van der Waals surface area (Å²) in [6.07, 6.45) is 3.66. The lowest BCUT2D eigenvalue weighted by molar-refractivity contribution is -0.137. The lowest BCUT2D eigenvalue weighted by atomic mass is 9.53. The van der Waals surface area contributed by atoms with Crippen LogP contribution < -0.4 is 15.2 Å². The summed E-state index contributed by atoms with van der Waals surface area (Å²) in [5.74, 6) is 1.02. The normalized spacial score (nSPS) is 34.3. The Morgan fingerprint density at radius 2 is 1.89 bits per heavy atom. The van der Waals surface area contributed by atoms with Gasteiger partial charge in [0.2, 0.25) is 10.0 Å². The van der Waals surface area contributed by atoms with Crippen molar-refractivity contribution in [3.8, 4) is 5.75 Å². The third-order valence-electron chi connectivity index (χ3n) is 6.83. The molecule has 1 amide bonds. The Balaban J connectivity index is 1.48. The van der Waals surface area contributed by atoms with E-state index in [4.69, 9.17) is 21.5 Å². The first kappa shape index (κ1) is 20.0. The number of hydrogen-bond donors (Lipinski definition) is 2. The van der Waals surface area contributed by atoms with Crippen LogP contribution in [0.15, 0.2) is 24.3 Å². The van der Waals surface area contributed by atoms with Crippen molar-refractivity contribution in [3.05, 3.63) is 29.3 Å². The van der Waals surface area contributed by atoms with E-state index in [-0.39, 0.29) is 23.8 Å². The van der Waals surface area contributed by atoms with Gasteiger partial charge in [-0.25, -0.2) is 13.6 Å². The largest absolute Gasteiger partial charge is 0.478 e. The second kappa shape index (κ2) is 6.61. The molecule has 4 aliphatic rings. The number of nitrogens with one attached hydrogen (secondary N) is 1. The van der Waals surface area contributed by atoms with Crippen LogP contribution in [0.5, 0.6) is 5.75 Å². The third kappa shape index (κ3) is 3.42. The molecule has 0 spiro atoms. The monoisotopic (exact) mass is 426 g/mol. The average molecular weight is 427 g/mol. The highest BCUT2D eigenvalue weighted by Crippen LogP contribution is 2.58. The third-order valence-corrected chi connectivity index (χ3v) is 8.78. The van der Waals surface area contributed by atoms with Crippen molar-refractivity contribution in [1.29, 1.82) is 0 Å². The van der Waals surface area contributed by atoms with Gasteiger partial charge < -0.3 is 10.1 Å². The van der Waals surface area contributed by atoms with Gasteiger partial charge in [0, 0.05) is 11.1 Å². The van der Waals surface area contributed by atoms with E-state index in [9.17, 15) is 13.2 Å². The highest BCUT2D eigenvalue weighted by molar-refractivity contribution is 7.90. The number of halogens is 1. The molecule has 28 heavy (non-hydrogen) atoms. The Bertz CT molecular complexity index is 885. The molecule has 0 aliphatic heterocycles. The topological polar surface area (TPSA) is 98.5 Å². The lowest BCUT2D eigenvalue weighted by Gasteiger charge is -2.59. The van der Waals surface area contributed by atoms with Crippen LogP contribution in [0.1, 0.15) is 46.0 Å². The van der Waals surface area contributed by atoms with Gasteiger partial charge in [0.1, 0.15) is 5.75 Å². The van der Waals surface area contributed by atoms with Crippen molar-refractivity contribution in [1.82, 2.24) is 5.32 Å². The van der Waals surface area contributed by atoms with Gasteiger partial charge >= 0.3 is 0 Å². The molecule has 0 saturated heterocycles. The first-order chi connectivity index (χ1) is 13.0. The smallest absolute Gasteiger partial charge is 0.263 e. The maximum absolute atomic E-state index is 13.0. The Hall–Kier alpha value is -1.31. The zero-order valence-electron chi connectivity index (χ0n) is 16.2. The van der Waals surface area contributed by atoms with Crippen molar-refractivity contribution < 1.29 is 17.9 Å². The molecule has 154 valence electrons. The number of sulfonamides is 1. The molecular weight excluding hydrogens is 400 g/mol. The quantitative estimate of drug-likeness (QED) is 0.756. The molecule has 1 aromatic rings. The van der Waals surface area contributed by atoms with Crippen LogP contribution in [-0.4, -0.2) is 30.7 Å². The van der Waals surface area contributed by atoms with Crippen molar-refractivity contribution in [3.63, 3.8) is 0 Å². The molecule has 8 heteroatoms. The average Bonchev–Trinajstić information content (AvgIpc) is 2.56. The number of benzene rings is 1. The summed E-state index contributed by atoms with van der Waals surface area (Å²) in [6, 6.07) is 6.93. The maximum atomic E-state index is 13.0. The standard InChI is InChI=1S/C20H27ClN2O4S/c1-19(2,27-16-5-3-4-15(21)8-16)18(24)23-17-13-6-12-7-14(17)11-20(9-12,10-13)28(22,25)26/h3-5,8,12-14,17H,6-7,9-11H2,1-2H3,(H,23,24)(H2,22,25,26). The minimum atomic E-state index is -3.60. The Kier molecular flexibility index (Phi) is 4.71. The summed E-state index contributed by atoms with van der Waals surface area (Å²) < 4.78 is 29.6. The van der Waals surface area contributed by atoms with Gasteiger partial charge in [0.05, 0.1) is 4.75 Å². The summed E-state index contributed by atoms with van der Waals surface area (Å²) in [7, 11) is -3.60. The summed E-state index contributed by atoms with van der Waals surface area (Å²) in [5, 5.41) is 9.32. The number of nitrogens with two attached hydrogens (primary N) is 1. The number of amides is 1. The number of rotatable bonds is 5. The molecule has 3 N–H and O–H groups in total. The van der Waals surface area contributed by atoms with E-state index < -0.39 is 20.4 Å². The number of hydrogen-bond acceptors (Lipinski definition) is 4. The van der Waals surface area contributed by atoms with Gasteiger partial charge in [0.15, 0.2) is 5.60 Å². The molecule has 4 bridgehead atoms. The van der Waals surface area contributed by atoms with Gasteiger partial charge in [-0.15, -0.1) is 0 Å². The van der Waals surface area contributed by atoms with E-state index in [0.717, 1.165) is 12.8 Å². The fourth-order valence-corrected chi connectivity index (χ4v) is 7.27. The molecule has 2 atom stereocenters. The summed E-state index contributed by atoms with van der Waals surface area (Å²) in [6.45, 7) is 3.45. The van der Waals surface area contributed by atoms with Gasteiger partial charge in [-0.3, -0.25) is 4.79 Å². The summed E-state index contributed by atoms with van der Waals surface area (Å²) in [4.78, 5) is 13.0. The predicted molar refractivity (Wildman–Crippen MR) is 107 cm³/mol. The van der Waals surface area contributed by atoms with Crippen LogP contribution in [0.25, 0.3) is 0 Å². The van der Waals surface area contributed by atoms with E-state index in [2.05, 4.69) is 5.32 Å². The molecule has 4 saturated carbocycles. The predicted octanol–water partition coefficient (Wildman–Crippen LogP) is 2.85. The van der Waals surface area contributed by atoms with E-state index in [1.54, 1.807) is 38.1 Å². The van der Waals surface area contributed by atoms with Crippen LogP contribution in [-0.2, 0) is 14.8 Å². The fraction of sp³-hybridized carbons (Fsp3) is 0.650. The first-order valence-electron chi connectivity index (χ1n) is 9.77. The van der Waals surface area contributed by atoms with Gasteiger partial charge in [-0.05, 0) is 81.9 Å². The van der Waals surface area contributed by atoms with Crippen molar-refractivity contribution in [2.24, 2.45) is 22.9 Å². The number of carbonyl (C=O) groups excluding carboxylic acids is 1. The second-order valence-electron chi connectivity index (χ2n) is 9.27. The molecule has 0 radical (unpaired) electrons. The SMILES string of the molecule is CC(C)(Oc1cccc(Cl)c1)C(=O)NC1C2CC3CC1CC(S(N)(=O)=O)(C3)C2. The molecular formula is C20H27ClN2O4S. The highest BCUT2D eigenvalue weighted by atomic mass is 35.5. The number of carbonyl (C=O) groups is 1. The molecule has 1 aromatic carbocycles. The minimum Gasteiger partial charge on any atom is -0.478 e. The molecule has 0 aromatic heterocycles. The minimum absolute atomic E-state index is 0.0267. The van der Waals surface area contributed by atoms with Crippen LogP contribution in [0.4, 0.5) is 0 Å². The lowest BCUT2D eigenvalue weighted by Crippen LogP contribution is -2.66. The zero-order chi connectivity index (χ0) is 20.3. The Morgan fingerprint density at radius 3 is 2.46 bits per heavy atom. The fourth-order valence-electron chi connectivity index (χ4n) is 5.73. The van der Waals surface area contributed by atoms with Crippen LogP contribution in [0, 0.1) is 17.8 Å². The Labute approximate surface area is 171 Å². The van der Waals surface area contributed by atoms with Gasteiger partial charge in [-0.2, -0.15) is 0 Å². The van der Waals surface area contributed by atoms with Crippen LogP contribution in [0.2, 0.25) is 5.02 Å². The Morgan fingerprint density at radius 1 is 1.25 bits per heavy atom. The maximum Gasteiger partial charge on any atom is 0.263 e. The van der Waals surface area contributed by atoms with E-state index >= 15 is 0 Å². The molecule has 5 rings (SSSR count). The van der Waals surface area contributed by atoms with Crippen molar-refractivity contribution >= 4 is 27.5 Å². The van der Waals surface area contributed by atoms with E-state index in [1.807, 2.05) is 0 Å². The molecule has 0 heterocycles. The molecule has 4 aliphatic carbocycles. The highest BCUT2D eigenvalue weighted by Gasteiger charge is 2.60.